The Balaban J connectivity index is 2.09. The third-order valence-corrected chi connectivity index (χ3v) is 3.89. The van der Waals surface area contributed by atoms with Gasteiger partial charge in [0.05, 0.1) is 6.54 Å². The van der Waals surface area contributed by atoms with Crippen LogP contribution in [0.3, 0.4) is 0 Å². The molecule has 0 fully saturated rings. The van der Waals surface area contributed by atoms with Crippen LogP contribution in [-0.4, -0.2) is 14.3 Å². The van der Waals surface area contributed by atoms with E-state index in [1.165, 1.54) is 4.68 Å². The van der Waals surface area contributed by atoms with Gasteiger partial charge < -0.3 is 4.42 Å². The molecule has 1 aromatic carbocycles. The molecule has 0 atom stereocenters. The molecule has 0 amide bonds. The average molecular weight is 306 g/mol. The highest BCUT2D eigenvalue weighted by Crippen LogP contribution is 2.29. The van der Waals surface area contributed by atoms with Crippen LogP contribution in [0.4, 0.5) is 0 Å². The summed E-state index contributed by atoms with van der Waals surface area (Å²) in [6.07, 6.45) is 0.718. The molecular formula is C15H16ClN3O2. The molecule has 0 saturated carbocycles. The lowest BCUT2D eigenvalue weighted by Crippen LogP contribution is -2.25. The molecule has 3 aromatic rings. The van der Waals surface area contributed by atoms with Gasteiger partial charge in [0.25, 0.3) is 0 Å². The first-order chi connectivity index (χ1) is 10.2. The topological polar surface area (TPSA) is 53.0 Å². The van der Waals surface area contributed by atoms with E-state index < -0.39 is 0 Å². The van der Waals surface area contributed by atoms with Crippen molar-refractivity contribution >= 4 is 22.6 Å². The van der Waals surface area contributed by atoms with Crippen LogP contribution in [0.2, 0.25) is 5.22 Å². The SMILES string of the molecule is CCc1nn(Cc2c(Cl)oc3ccccc23)c(=O)n1CC. The van der Waals surface area contributed by atoms with Crippen molar-refractivity contribution < 1.29 is 4.42 Å². The number of fused-ring (bicyclic) bond motifs is 1. The summed E-state index contributed by atoms with van der Waals surface area (Å²) >= 11 is 6.17. The standard InChI is InChI=1S/C15H16ClN3O2/c1-3-13-17-19(15(20)18(13)4-2)9-11-10-7-5-6-8-12(10)21-14(11)16/h5-8H,3-4,9H2,1-2H3. The first kappa shape index (κ1) is 13.9. The van der Waals surface area contributed by atoms with Gasteiger partial charge in [-0.15, -0.1) is 0 Å². The quantitative estimate of drug-likeness (QED) is 0.744. The zero-order chi connectivity index (χ0) is 15.0. The van der Waals surface area contributed by atoms with Crippen molar-refractivity contribution in [3.63, 3.8) is 0 Å². The second-order valence-electron chi connectivity index (χ2n) is 4.80. The van der Waals surface area contributed by atoms with E-state index >= 15 is 0 Å². The number of hydrogen-bond acceptors (Lipinski definition) is 3. The van der Waals surface area contributed by atoms with Gasteiger partial charge in [0, 0.05) is 23.9 Å². The van der Waals surface area contributed by atoms with E-state index in [2.05, 4.69) is 5.10 Å². The first-order valence-corrected chi connectivity index (χ1v) is 7.35. The summed E-state index contributed by atoms with van der Waals surface area (Å²) in [5.41, 5.74) is 1.39. The van der Waals surface area contributed by atoms with Crippen molar-refractivity contribution in [1.29, 1.82) is 0 Å². The van der Waals surface area contributed by atoms with Crippen molar-refractivity contribution in [1.82, 2.24) is 14.3 Å². The molecule has 21 heavy (non-hydrogen) atoms. The number of benzene rings is 1. The Morgan fingerprint density at radius 2 is 2.05 bits per heavy atom. The number of hydrogen-bond donors (Lipinski definition) is 0. The molecule has 0 aliphatic carbocycles. The van der Waals surface area contributed by atoms with E-state index in [1.807, 2.05) is 38.1 Å². The van der Waals surface area contributed by atoms with Crippen molar-refractivity contribution in [3.05, 3.63) is 51.4 Å². The summed E-state index contributed by atoms with van der Waals surface area (Å²) in [7, 11) is 0. The van der Waals surface area contributed by atoms with Gasteiger partial charge in [-0.05, 0) is 24.6 Å². The Kier molecular flexibility index (Phi) is 3.59. The van der Waals surface area contributed by atoms with Gasteiger partial charge >= 0.3 is 5.69 Å². The average Bonchev–Trinajstić information content (AvgIpc) is 2.97. The fraction of sp³-hybridized carbons (Fsp3) is 0.333. The van der Waals surface area contributed by atoms with Gasteiger partial charge in [-0.3, -0.25) is 4.57 Å². The lowest BCUT2D eigenvalue weighted by molar-refractivity contribution is 0.593. The van der Waals surface area contributed by atoms with Crippen LogP contribution in [0.15, 0.2) is 33.5 Å². The predicted molar refractivity (Wildman–Crippen MR) is 81.9 cm³/mol. The van der Waals surface area contributed by atoms with Crippen LogP contribution in [0.25, 0.3) is 11.0 Å². The normalized spacial score (nSPS) is 11.4. The molecular weight excluding hydrogens is 290 g/mol. The van der Waals surface area contributed by atoms with E-state index in [1.54, 1.807) is 4.57 Å². The van der Waals surface area contributed by atoms with Gasteiger partial charge in [-0.1, -0.05) is 25.1 Å². The number of para-hydroxylation sites is 1. The van der Waals surface area contributed by atoms with E-state index in [0.717, 1.165) is 28.8 Å². The maximum absolute atomic E-state index is 12.3. The highest BCUT2D eigenvalue weighted by Gasteiger charge is 2.16. The van der Waals surface area contributed by atoms with Crippen LogP contribution >= 0.6 is 11.6 Å². The zero-order valence-corrected chi connectivity index (χ0v) is 12.7. The van der Waals surface area contributed by atoms with Crippen molar-refractivity contribution in [2.75, 3.05) is 0 Å². The molecule has 2 heterocycles. The van der Waals surface area contributed by atoms with E-state index in [-0.39, 0.29) is 5.69 Å². The lowest BCUT2D eigenvalue weighted by Gasteiger charge is -1.98. The molecule has 0 aliphatic rings. The number of halogens is 1. The molecule has 3 rings (SSSR count). The smallest absolute Gasteiger partial charge is 0.346 e. The minimum Gasteiger partial charge on any atom is -0.444 e. The number of rotatable bonds is 4. The summed E-state index contributed by atoms with van der Waals surface area (Å²) in [5, 5.41) is 5.62. The number of aryl methyl sites for hydroxylation is 1. The Morgan fingerprint density at radius 1 is 1.29 bits per heavy atom. The Labute approximate surface area is 126 Å². The van der Waals surface area contributed by atoms with Crippen LogP contribution < -0.4 is 5.69 Å². The molecule has 0 spiro atoms. The second kappa shape index (κ2) is 5.41. The molecule has 0 N–H and O–H groups in total. The first-order valence-electron chi connectivity index (χ1n) is 6.98. The number of aromatic nitrogens is 3. The molecule has 0 aliphatic heterocycles. The zero-order valence-electron chi connectivity index (χ0n) is 12.0. The summed E-state index contributed by atoms with van der Waals surface area (Å²) in [6.45, 7) is 4.85. The van der Waals surface area contributed by atoms with Crippen molar-refractivity contribution in [2.24, 2.45) is 0 Å². The largest absolute Gasteiger partial charge is 0.444 e. The minimum absolute atomic E-state index is 0.115. The molecule has 5 nitrogen and oxygen atoms in total. The molecule has 6 heteroatoms. The summed E-state index contributed by atoms with van der Waals surface area (Å²) in [5.74, 6) is 0.784. The third kappa shape index (κ3) is 2.27. The van der Waals surface area contributed by atoms with Gasteiger partial charge in [0.1, 0.15) is 11.4 Å². The van der Waals surface area contributed by atoms with Gasteiger partial charge in [0.2, 0.25) is 0 Å². The van der Waals surface area contributed by atoms with Crippen LogP contribution in [-0.2, 0) is 19.5 Å². The maximum atomic E-state index is 12.3. The third-order valence-electron chi connectivity index (χ3n) is 3.59. The maximum Gasteiger partial charge on any atom is 0.346 e. The molecule has 110 valence electrons. The summed E-state index contributed by atoms with van der Waals surface area (Å²) < 4.78 is 8.64. The molecule has 0 saturated heterocycles. The number of nitrogens with zero attached hydrogens (tertiary/aromatic N) is 3. The highest BCUT2D eigenvalue weighted by molar-refractivity contribution is 6.30. The monoisotopic (exact) mass is 305 g/mol. The van der Waals surface area contributed by atoms with Gasteiger partial charge in [-0.25, -0.2) is 9.48 Å². The molecule has 2 aromatic heterocycles. The van der Waals surface area contributed by atoms with E-state index in [4.69, 9.17) is 16.0 Å². The summed E-state index contributed by atoms with van der Waals surface area (Å²) in [6, 6.07) is 7.60. The van der Waals surface area contributed by atoms with Crippen molar-refractivity contribution in [3.8, 4) is 0 Å². The van der Waals surface area contributed by atoms with E-state index in [9.17, 15) is 4.79 Å². The van der Waals surface area contributed by atoms with Gasteiger partial charge in [-0.2, -0.15) is 5.10 Å². The van der Waals surface area contributed by atoms with Crippen molar-refractivity contribution in [2.45, 2.75) is 33.4 Å². The fourth-order valence-corrected chi connectivity index (χ4v) is 2.78. The van der Waals surface area contributed by atoms with Crippen LogP contribution in [0.5, 0.6) is 0 Å². The van der Waals surface area contributed by atoms with Gasteiger partial charge in [0.15, 0.2) is 5.22 Å². The second-order valence-corrected chi connectivity index (χ2v) is 5.15. The Hall–Kier alpha value is -2.01. The molecule has 0 bridgehead atoms. The van der Waals surface area contributed by atoms with Crippen LogP contribution in [0.1, 0.15) is 25.2 Å². The lowest BCUT2D eigenvalue weighted by atomic mass is 10.2. The predicted octanol–water partition coefficient (Wildman–Crippen LogP) is 3.08. The van der Waals surface area contributed by atoms with Crippen LogP contribution in [0, 0.1) is 0 Å². The fourth-order valence-electron chi connectivity index (χ4n) is 2.53. The molecule has 0 radical (unpaired) electrons. The summed E-state index contributed by atoms with van der Waals surface area (Å²) in [4.78, 5) is 12.3. The van der Waals surface area contributed by atoms with E-state index in [0.29, 0.717) is 18.3 Å². The highest BCUT2D eigenvalue weighted by atomic mass is 35.5. The molecule has 0 unspecified atom stereocenters. The Morgan fingerprint density at radius 3 is 2.71 bits per heavy atom. The number of furan rings is 1. The minimum atomic E-state index is -0.115. The Bertz CT molecular complexity index is 844.